The second-order valence-electron chi connectivity index (χ2n) is 8.13. The normalized spacial score (nSPS) is 13.7. The summed E-state index contributed by atoms with van der Waals surface area (Å²) in [5.74, 6) is 0. The van der Waals surface area contributed by atoms with E-state index < -0.39 is 0 Å². The first-order valence-corrected chi connectivity index (χ1v) is 9.50. The first kappa shape index (κ1) is 19.1. The van der Waals surface area contributed by atoms with E-state index in [2.05, 4.69) is 88.4 Å². The summed E-state index contributed by atoms with van der Waals surface area (Å²) in [6.45, 7) is 8.92. The first-order valence-electron chi connectivity index (χ1n) is 9.50. The summed E-state index contributed by atoms with van der Waals surface area (Å²) in [6.07, 6.45) is 1.95. The van der Waals surface area contributed by atoms with Crippen LogP contribution < -0.4 is 0 Å². The van der Waals surface area contributed by atoms with Crippen molar-refractivity contribution in [3.8, 4) is 22.4 Å². The molecule has 0 unspecified atom stereocenters. The number of hydrogen-bond donors (Lipinski definition) is 0. The van der Waals surface area contributed by atoms with Crippen LogP contribution in [0.2, 0.25) is 0 Å². The van der Waals surface area contributed by atoms with Crippen molar-refractivity contribution in [2.45, 2.75) is 33.1 Å². The van der Waals surface area contributed by atoms with Gasteiger partial charge in [0.15, 0.2) is 0 Å². The van der Waals surface area contributed by atoms with E-state index in [9.17, 15) is 0 Å². The van der Waals surface area contributed by atoms with Crippen molar-refractivity contribution in [2.24, 2.45) is 0 Å². The number of fused-ring (bicyclic) bond motifs is 5. The summed E-state index contributed by atoms with van der Waals surface area (Å²) in [4.78, 5) is 4.82. The number of rotatable bonds is 1. The van der Waals surface area contributed by atoms with Crippen molar-refractivity contribution in [3.63, 3.8) is 0 Å². The molecule has 0 saturated carbocycles. The van der Waals surface area contributed by atoms with Crippen LogP contribution in [-0.2, 0) is 25.5 Å². The standard InChI is InChI=1S/C26H22N.Ir/c1-16-9-10-19(15-17(16)2)25-24-21(13-14-27-25)23-20-8-6-5-7-18(20)11-12-22(23)26(24,3)4;/h5-9,11-15H,1-4H3;/q-1;. The van der Waals surface area contributed by atoms with Crippen LogP contribution in [0.25, 0.3) is 33.2 Å². The molecule has 0 atom stereocenters. The molecule has 1 nitrogen and oxygen atoms in total. The number of nitrogens with zero attached hydrogens (tertiary/aromatic N) is 1. The molecular weight excluding hydrogens is 519 g/mol. The monoisotopic (exact) mass is 541 g/mol. The van der Waals surface area contributed by atoms with Gasteiger partial charge in [0.05, 0.1) is 0 Å². The second-order valence-corrected chi connectivity index (χ2v) is 8.13. The van der Waals surface area contributed by atoms with E-state index in [-0.39, 0.29) is 25.5 Å². The summed E-state index contributed by atoms with van der Waals surface area (Å²) < 4.78 is 0. The van der Waals surface area contributed by atoms with Gasteiger partial charge in [-0.1, -0.05) is 64.1 Å². The van der Waals surface area contributed by atoms with Gasteiger partial charge in [0.25, 0.3) is 0 Å². The van der Waals surface area contributed by atoms with Gasteiger partial charge >= 0.3 is 0 Å². The summed E-state index contributed by atoms with van der Waals surface area (Å²) >= 11 is 0. The third-order valence-electron chi connectivity index (χ3n) is 6.13. The van der Waals surface area contributed by atoms with Crippen LogP contribution >= 0.6 is 0 Å². The Bertz CT molecular complexity index is 1220. The molecule has 0 N–H and O–H groups in total. The van der Waals surface area contributed by atoms with Gasteiger partial charge in [0.1, 0.15) is 0 Å². The molecule has 0 bridgehead atoms. The van der Waals surface area contributed by atoms with Gasteiger partial charge in [-0.3, -0.25) is 0 Å². The van der Waals surface area contributed by atoms with Crippen LogP contribution in [0.5, 0.6) is 0 Å². The maximum Gasteiger partial charge on any atom is 0.0167 e. The van der Waals surface area contributed by atoms with Crippen LogP contribution in [0.3, 0.4) is 0 Å². The third kappa shape index (κ3) is 2.59. The number of aromatic nitrogens is 1. The van der Waals surface area contributed by atoms with Crippen molar-refractivity contribution in [1.29, 1.82) is 0 Å². The van der Waals surface area contributed by atoms with Crippen LogP contribution in [0.4, 0.5) is 0 Å². The van der Waals surface area contributed by atoms with Gasteiger partial charge in [0.2, 0.25) is 0 Å². The quantitative estimate of drug-likeness (QED) is 0.247. The van der Waals surface area contributed by atoms with Crippen LogP contribution in [0.15, 0.2) is 60.8 Å². The van der Waals surface area contributed by atoms with Gasteiger partial charge in [0, 0.05) is 31.7 Å². The summed E-state index contributed by atoms with van der Waals surface area (Å²) in [6, 6.07) is 23.2. The van der Waals surface area contributed by atoms with Crippen molar-refractivity contribution in [3.05, 3.63) is 89.1 Å². The molecular formula is C26H22IrN-. The predicted octanol–water partition coefficient (Wildman–Crippen LogP) is 6.62. The minimum Gasteiger partial charge on any atom is -0.304 e. The Balaban J connectivity index is 0.00000192. The number of pyridine rings is 1. The Hall–Kier alpha value is -2.28. The predicted molar refractivity (Wildman–Crippen MR) is 113 cm³/mol. The molecule has 3 aromatic carbocycles. The summed E-state index contributed by atoms with van der Waals surface area (Å²) in [5, 5.41) is 2.61. The van der Waals surface area contributed by atoms with E-state index in [1.807, 2.05) is 6.20 Å². The third-order valence-corrected chi connectivity index (χ3v) is 6.13. The molecule has 0 spiro atoms. The van der Waals surface area contributed by atoms with E-state index in [0.29, 0.717) is 0 Å². The van der Waals surface area contributed by atoms with Crippen molar-refractivity contribution >= 4 is 10.8 Å². The second kappa shape index (κ2) is 6.65. The maximum absolute atomic E-state index is 4.82. The largest absolute Gasteiger partial charge is 0.304 e. The summed E-state index contributed by atoms with van der Waals surface area (Å²) in [5.41, 5.74) is 9.96. The fourth-order valence-corrected chi connectivity index (χ4v) is 4.53. The molecule has 5 rings (SSSR count). The Morgan fingerprint density at radius 1 is 0.929 bits per heavy atom. The summed E-state index contributed by atoms with van der Waals surface area (Å²) in [7, 11) is 0. The number of aryl methyl sites for hydroxylation is 2. The fraction of sp³-hybridized carbons (Fsp3) is 0.192. The Kier molecular flexibility index (Phi) is 4.53. The molecule has 4 aromatic rings. The van der Waals surface area contributed by atoms with E-state index in [1.165, 1.54) is 44.2 Å². The van der Waals surface area contributed by atoms with Crippen molar-refractivity contribution < 1.29 is 20.1 Å². The molecule has 2 heteroatoms. The molecule has 1 heterocycles. The topological polar surface area (TPSA) is 12.9 Å². The Morgan fingerprint density at radius 2 is 1.71 bits per heavy atom. The van der Waals surface area contributed by atoms with E-state index in [4.69, 9.17) is 4.98 Å². The minimum absolute atomic E-state index is 0. The van der Waals surface area contributed by atoms with Crippen molar-refractivity contribution in [2.75, 3.05) is 0 Å². The Labute approximate surface area is 180 Å². The smallest absolute Gasteiger partial charge is 0.0167 e. The fourth-order valence-electron chi connectivity index (χ4n) is 4.53. The van der Waals surface area contributed by atoms with Gasteiger partial charge in [-0.15, -0.1) is 34.9 Å². The SMILES string of the molecule is Cc1c[c-]c(-c2nccc3c2C(C)(C)c2ccc4ccccc4c2-3)cc1C.[Ir]. The molecule has 0 amide bonds. The minimum atomic E-state index is -0.0923. The molecule has 0 saturated heterocycles. The van der Waals surface area contributed by atoms with Gasteiger partial charge in [-0.05, 0) is 44.8 Å². The molecule has 1 radical (unpaired) electrons. The van der Waals surface area contributed by atoms with Gasteiger partial charge in [-0.2, -0.15) is 0 Å². The van der Waals surface area contributed by atoms with Gasteiger partial charge in [-0.25, -0.2) is 0 Å². The van der Waals surface area contributed by atoms with Crippen LogP contribution in [0.1, 0.15) is 36.1 Å². The molecule has 0 aliphatic heterocycles. The maximum atomic E-state index is 4.82. The molecule has 28 heavy (non-hydrogen) atoms. The average Bonchev–Trinajstić information content (AvgIpc) is 2.92. The van der Waals surface area contributed by atoms with Crippen LogP contribution in [0, 0.1) is 19.9 Å². The van der Waals surface area contributed by atoms with E-state index in [0.717, 1.165) is 11.3 Å². The zero-order valence-electron chi connectivity index (χ0n) is 16.6. The van der Waals surface area contributed by atoms with Crippen molar-refractivity contribution in [1.82, 2.24) is 4.98 Å². The number of benzene rings is 3. The molecule has 0 fully saturated rings. The zero-order valence-corrected chi connectivity index (χ0v) is 18.9. The Morgan fingerprint density at radius 3 is 2.50 bits per heavy atom. The first-order chi connectivity index (χ1) is 13.0. The zero-order chi connectivity index (χ0) is 18.8. The molecule has 1 aliphatic rings. The molecule has 1 aromatic heterocycles. The average molecular weight is 541 g/mol. The molecule has 1 aliphatic carbocycles. The molecule has 141 valence electrons. The van der Waals surface area contributed by atoms with Crippen LogP contribution in [-0.4, -0.2) is 4.98 Å². The van der Waals surface area contributed by atoms with E-state index >= 15 is 0 Å². The van der Waals surface area contributed by atoms with E-state index in [1.54, 1.807) is 0 Å². The van der Waals surface area contributed by atoms with Gasteiger partial charge < -0.3 is 4.98 Å². The number of hydrogen-bond acceptors (Lipinski definition) is 1.